The summed E-state index contributed by atoms with van der Waals surface area (Å²) >= 11 is 11.5. The van der Waals surface area contributed by atoms with Crippen LogP contribution >= 0.6 is 23.2 Å². The average Bonchev–Trinajstić information content (AvgIpc) is 2.46. The molecule has 1 atom stereocenters. The second kappa shape index (κ2) is 7.49. The molecule has 2 aromatic carbocycles. The Kier molecular flexibility index (Phi) is 5.86. The van der Waals surface area contributed by atoms with Crippen LogP contribution in [0.3, 0.4) is 0 Å². The van der Waals surface area contributed by atoms with Crippen molar-refractivity contribution in [2.75, 3.05) is 12.4 Å². The minimum Gasteiger partial charge on any atom is -0.489 e. The van der Waals surface area contributed by atoms with Gasteiger partial charge >= 0.3 is 0 Å². The highest BCUT2D eigenvalue weighted by Gasteiger charge is 2.20. The van der Waals surface area contributed by atoms with E-state index in [1.165, 1.54) is 30.3 Å². The van der Waals surface area contributed by atoms with E-state index in [0.29, 0.717) is 5.02 Å². The number of halogens is 3. The molecule has 0 fully saturated rings. The van der Waals surface area contributed by atoms with Crippen LogP contribution in [0.25, 0.3) is 0 Å². The zero-order chi connectivity index (χ0) is 17.0. The smallest absolute Gasteiger partial charge is 0.181 e. The maximum Gasteiger partial charge on any atom is 0.181 e. The highest BCUT2D eigenvalue weighted by molar-refractivity contribution is 7.91. The second-order valence-electron chi connectivity index (χ2n) is 4.77. The fourth-order valence-corrected chi connectivity index (χ4v) is 3.51. The van der Waals surface area contributed by atoms with Crippen molar-refractivity contribution in [1.29, 1.82) is 0 Å². The summed E-state index contributed by atoms with van der Waals surface area (Å²) in [6, 6.07) is 9.15. The molecule has 0 amide bonds. The standard InChI is InChI=1S/C15H13Cl2FO4S/c16-10-1-4-13(5-2-10)23(20,21)9-12(19)8-22-15-6-3-11(18)7-14(15)17/h1-7,12,19H,8-9H2. The average molecular weight is 379 g/mol. The van der Waals surface area contributed by atoms with Gasteiger partial charge in [0.05, 0.1) is 15.7 Å². The van der Waals surface area contributed by atoms with Crippen LogP contribution in [-0.2, 0) is 9.84 Å². The largest absolute Gasteiger partial charge is 0.489 e. The molecule has 0 heterocycles. The van der Waals surface area contributed by atoms with E-state index in [0.717, 1.165) is 12.1 Å². The SMILES string of the molecule is O=S(=O)(CC(O)COc1ccc(F)cc1Cl)c1ccc(Cl)cc1. The van der Waals surface area contributed by atoms with Crippen LogP contribution in [0.2, 0.25) is 10.0 Å². The van der Waals surface area contributed by atoms with Crippen molar-refractivity contribution in [2.24, 2.45) is 0 Å². The number of aliphatic hydroxyl groups excluding tert-OH is 1. The van der Waals surface area contributed by atoms with Crippen molar-refractivity contribution in [1.82, 2.24) is 0 Å². The van der Waals surface area contributed by atoms with E-state index in [-0.39, 0.29) is 22.3 Å². The molecule has 8 heteroatoms. The topological polar surface area (TPSA) is 63.6 Å². The Bertz CT molecular complexity index is 779. The van der Waals surface area contributed by atoms with Crippen LogP contribution < -0.4 is 4.74 Å². The summed E-state index contributed by atoms with van der Waals surface area (Å²) in [4.78, 5) is 0.0563. The van der Waals surface area contributed by atoms with Crippen LogP contribution in [0.1, 0.15) is 0 Å². The van der Waals surface area contributed by atoms with Gasteiger partial charge in [-0.15, -0.1) is 0 Å². The summed E-state index contributed by atoms with van der Waals surface area (Å²) in [7, 11) is -3.68. The quantitative estimate of drug-likeness (QED) is 0.836. The lowest BCUT2D eigenvalue weighted by molar-refractivity contribution is 0.125. The van der Waals surface area contributed by atoms with Gasteiger partial charge in [0.15, 0.2) is 9.84 Å². The van der Waals surface area contributed by atoms with Gasteiger partial charge in [-0.3, -0.25) is 0 Å². The van der Waals surface area contributed by atoms with E-state index in [1.54, 1.807) is 0 Å². The highest BCUT2D eigenvalue weighted by Crippen LogP contribution is 2.25. The summed E-state index contributed by atoms with van der Waals surface area (Å²) in [5, 5.41) is 10.3. The van der Waals surface area contributed by atoms with Gasteiger partial charge in [0.2, 0.25) is 0 Å². The van der Waals surface area contributed by atoms with Gasteiger partial charge in [0, 0.05) is 5.02 Å². The summed E-state index contributed by atoms with van der Waals surface area (Å²) in [6.45, 7) is -0.293. The number of aliphatic hydroxyl groups is 1. The molecule has 0 aliphatic heterocycles. The first-order valence-electron chi connectivity index (χ1n) is 6.52. The van der Waals surface area contributed by atoms with Crippen molar-refractivity contribution < 1.29 is 22.7 Å². The molecule has 0 spiro atoms. The Morgan fingerprint density at radius 2 is 1.78 bits per heavy atom. The van der Waals surface area contributed by atoms with E-state index in [4.69, 9.17) is 27.9 Å². The van der Waals surface area contributed by atoms with Gasteiger partial charge in [-0.1, -0.05) is 23.2 Å². The first-order valence-corrected chi connectivity index (χ1v) is 8.93. The summed E-state index contributed by atoms with van der Waals surface area (Å²) in [5.41, 5.74) is 0. The van der Waals surface area contributed by atoms with E-state index < -0.39 is 27.5 Å². The van der Waals surface area contributed by atoms with Gasteiger partial charge in [-0.05, 0) is 42.5 Å². The maximum atomic E-state index is 12.9. The Morgan fingerprint density at radius 1 is 1.13 bits per heavy atom. The van der Waals surface area contributed by atoms with Crippen LogP contribution in [0.5, 0.6) is 5.75 Å². The fraction of sp³-hybridized carbons (Fsp3) is 0.200. The highest BCUT2D eigenvalue weighted by atomic mass is 35.5. The number of hydrogen-bond donors (Lipinski definition) is 1. The summed E-state index contributed by atoms with van der Waals surface area (Å²) < 4.78 is 42.4. The van der Waals surface area contributed by atoms with Gasteiger partial charge in [0.1, 0.15) is 24.3 Å². The molecular formula is C15H13Cl2FO4S. The minimum atomic E-state index is -3.68. The molecule has 1 N–H and O–H groups in total. The molecule has 0 radical (unpaired) electrons. The lowest BCUT2D eigenvalue weighted by Gasteiger charge is -2.13. The van der Waals surface area contributed by atoms with E-state index in [2.05, 4.69) is 0 Å². The van der Waals surface area contributed by atoms with Crippen LogP contribution in [0.4, 0.5) is 4.39 Å². The van der Waals surface area contributed by atoms with Crippen molar-refractivity contribution in [3.63, 3.8) is 0 Å². The first-order chi connectivity index (χ1) is 10.8. The van der Waals surface area contributed by atoms with Gasteiger partial charge in [-0.25, -0.2) is 12.8 Å². The molecule has 0 aliphatic rings. The Hall–Kier alpha value is -1.34. The van der Waals surface area contributed by atoms with Crippen LogP contribution in [0.15, 0.2) is 47.4 Å². The number of sulfone groups is 1. The molecule has 0 bridgehead atoms. The molecule has 1 unspecified atom stereocenters. The molecule has 0 aliphatic carbocycles. The molecule has 0 saturated heterocycles. The third-order valence-electron chi connectivity index (χ3n) is 2.91. The number of ether oxygens (including phenoxy) is 1. The second-order valence-corrected chi connectivity index (χ2v) is 7.65. The molecule has 2 rings (SSSR count). The third kappa shape index (κ3) is 5.07. The molecule has 23 heavy (non-hydrogen) atoms. The Labute approximate surface area is 143 Å². The number of rotatable bonds is 6. The zero-order valence-electron chi connectivity index (χ0n) is 11.7. The molecule has 0 aromatic heterocycles. The zero-order valence-corrected chi connectivity index (χ0v) is 14.1. The summed E-state index contributed by atoms with van der Waals surface area (Å²) in [6.07, 6.45) is -1.27. The van der Waals surface area contributed by atoms with Crippen LogP contribution in [0, 0.1) is 5.82 Å². The Morgan fingerprint density at radius 3 is 2.39 bits per heavy atom. The van der Waals surface area contributed by atoms with Crippen LogP contribution in [-0.4, -0.2) is 32.0 Å². The van der Waals surface area contributed by atoms with E-state index in [9.17, 15) is 17.9 Å². The van der Waals surface area contributed by atoms with E-state index in [1.807, 2.05) is 0 Å². The predicted octanol–water partition coefficient (Wildman–Crippen LogP) is 3.35. The van der Waals surface area contributed by atoms with Crippen molar-refractivity contribution >= 4 is 33.0 Å². The maximum absolute atomic E-state index is 12.9. The van der Waals surface area contributed by atoms with E-state index >= 15 is 0 Å². The third-order valence-corrected chi connectivity index (χ3v) is 5.27. The lowest BCUT2D eigenvalue weighted by Crippen LogP contribution is -2.27. The summed E-state index contributed by atoms with van der Waals surface area (Å²) in [5.74, 6) is -0.878. The normalized spacial score (nSPS) is 12.9. The minimum absolute atomic E-state index is 0.0396. The Balaban J connectivity index is 1.98. The molecule has 124 valence electrons. The number of benzene rings is 2. The van der Waals surface area contributed by atoms with Crippen molar-refractivity contribution in [3.8, 4) is 5.75 Å². The molecule has 4 nitrogen and oxygen atoms in total. The fourth-order valence-electron chi connectivity index (χ4n) is 1.82. The first kappa shape index (κ1) is 18.0. The van der Waals surface area contributed by atoms with Crippen molar-refractivity contribution in [3.05, 3.63) is 58.3 Å². The number of hydrogen-bond acceptors (Lipinski definition) is 4. The monoisotopic (exact) mass is 378 g/mol. The lowest BCUT2D eigenvalue weighted by atomic mass is 10.3. The molecular weight excluding hydrogens is 366 g/mol. The molecule has 0 saturated carbocycles. The predicted molar refractivity (Wildman–Crippen MR) is 86.4 cm³/mol. The van der Waals surface area contributed by atoms with Gasteiger partial charge in [-0.2, -0.15) is 0 Å². The molecule has 2 aromatic rings. The van der Waals surface area contributed by atoms with Gasteiger partial charge in [0.25, 0.3) is 0 Å². The van der Waals surface area contributed by atoms with Crippen molar-refractivity contribution in [2.45, 2.75) is 11.0 Å². The van der Waals surface area contributed by atoms with Gasteiger partial charge < -0.3 is 9.84 Å².